The number of nitrogen functional groups attached to an aromatic ring is 1. The average Bonchev–Trinajstić information content (AvgIpc) is 2.42. The molecule has 1 aliphatic heterocycles. The minimum Gasteiger partial charge on any atom is -0.397 e. The van der Waals surface area contributed by atoms with Gasteiger partial charge in [-0.2, -0.15) is 11.8 Å². The molecule has 1 saturated heterocycles. The lowest BCUT2D eigenvalue weighted by Gasteiger charge is -2.39. The van der Waals surface area contributed by atoms with Gasteiger partial charge in [0.1, 0.15) is 0 Å². The predicted molar refractivity (Wildman–Crippen MR) is 87.6 cm³/mol. The highest BCUT2D eigenvalue weighted by Crippen LogP contribution is 2.32. The van der Waals surface area contributed by atoms with E-state index in [0.717, 1.165) is 18.0 Å². The van der Waals surface area contributed by atoms with Crippen molar-refractivity contribution in [3.05, 3.63) is 23.8 Å². The van der Waals surface area contributed by atoms with Gasteiger partial charge in [-0.15, -0.1) is 0 Å². The molecule has 0 aliphatic carbocycles. The minimum absolute atomic E-state index is 0.0682. The molecule has 1 heterocycles. The van der Waals surface area contributed by atoms with Gasteiger partial charge in [0.25, 0.3) is 5.91 Å². The number of nitrogens with zero attached hydrogens (tertiary/aromatic N) is 1. The van der Waals surface area contributed by atoms with Gasteiger partial charge in [0.15, 0.2) is 0 Å². The molecule has 2 unspecified atom stereocenters. The van der Waals surface area contributed by atoms with Gasteiger partial charge in [0.05, 0.1) is 11.4 Å². The van der Waals surface area contributed by atoms with E-state index in [4.69, 9.17) is 5.73 Å². The number of amides is 1. The Bertz CT molecular complexity index is 492. The van der Waals surface area contributed by atoms with Crippen LogP contribution < -0.4 is 16.0 Å². The zero-order chi connectivity index (χ0) is 14.7. The highest BCUT2D eigenvalue weighted by Gasteiger charge is 2.26. The number of carbonyl (C=O) groups is 1. The topological polar surface area (TPSA) is 58.4 Å². The van der Waals surface area contributed by atoms with Gasteiger partial charge in [-0.05, 0) is 32.0 Å². The van der Waals surface area contributed by atoms with E-state index in [9.17, 15) is 4.79 Å². The SMILES string of the molecule is CCNC(=O)c1ccc(N2CCSC(C)C2C)c(N)c1. The second-order valence-electron chi connectivity index (χ2n) is 5.14. The first-order chi connectivity index (χ1) is 9.54. The lowest BCUT2D eigenvalue weighted by atomic mass is 10.1. The van der Waals surface area contributed by atoms with Gasteiger partial charge < -0.3 is 16.0 Å². The Hall–Kier alpha value is -1.36. The zero-order valence-corrected chi connectivity index (χ0v) is 13.2. The van der Waals surface area contributed by atoms with Crippen LogP contribution in [0.15, 0.2) is 18.2 Å². The molecular weight excluding hydrogens is 270 g/mol. The maximum atomic E-state index is 11.8. The number of carbonyl (C=O) groups excluding carboxylic acids is 1. The number of anilines is 2. The lowest BCUT2D eigenvalue weighted by Crippen LogP contribution is -2.45. The number of nitrogens with one attached hydrogen (secondary N) is 1. The second kappa shape index (κ2) is 6.39. The average molecular weight is 293 g/mol. The van der Waals surface area contributed by atoms with E-state index in [1.165, 1.54) is 0 Å². The molecule has 1 aliphatic rings. The number of hydrogen-bond donors (Lipinski definition) is 2. The van der Waals surface area contributed by atoms with Crippen LogP contribution in [0.3, 0.4) is 0 Å². The summed E-state index contributed by atoms with van der Waals surface area (Å²) in [7, 11) is 0. The summed E-state index contributed by atoms with van der Waals surface area (Å²) >= 11 is 2.00. The Balaban J connectivity index is 2.23. The Labute approximate surface area is 125 Å². The van der Waals surface area contributed by atoms with Gasteiger partial charge in [-0.3, -0.25) is 4.79 Å². The molecule has 1 aromatic carbocycles. The van der Waals surface area contributed by atoms with Crippen LogP contribution >= 0.6 is 11.8 Å². The number of rotatable bonds is 3. The van der Waals surface area contributed by atoms with Crippen molar-refractivity contribution >= 4 is 29.0 Å². The normalized spacial score (nSPS) is 22.6. The van der Waals surface area contributed by atoms with Crippen molar-refractivity contribution in [2.75, 3.05) is 29.5 Å². The monoisotopic (exact) mass is 293 g/mol. The van der Waals surface area contributed by atoms with Crippen molar-refractivity contribution < 1.29 is 4.79 Å². The lowest BCUT2D eigenvalue weighted by molar-refractivity contribution is 0.0956. The minimum atomic E-state index is -0.0682. The summed E-state index contributed by atoms with van der Waals surface area (Å²) in [5.74, 6) is 1.05. The maximum absolute atomic E-state index is 11.8. The third kappa shape index (κ3) is 3.03. The molecule has 20 heavy (non-hydrogen) atoms. The molecule has 1 fully saturated rings. The number of benzene rings is 1. The van der Waals surface area contributed by atoms with Crippen LogP contribution in [0, 0.1) is 0 Å². The molecule has 0 spiro atoms. The first-order valence-corrected chi connectivity index (χ1v) is 8.15. The van der Waals surface area contributed by atoms with Gasteiger partial charge in [0.2, 0.25) is 0 Å². The van der Waals surface area contributed by atoms with Gasteiger partial charge in [-0.25, -0.2) is 0 Å². The number of thioether (sulfide) groups is 1. The molecule has 4 nitrogen and oxygen atoms in total. The molecule has 110 valence electrons. The van der Waals surface area contributed by atoms with Crippen molar-refractivity contribution in [3.63, 3.8) is 0 Å². The fraction of sp³-hybridized carbons (Fsp3) is 0.533. The number of nitrogens with two attached hydrogens (primary N) is 1. The Kier molecular flexibility index (Phi) is 4.81. The summed E-state index contributed by atoms with van der Waals surface area (Å²) in [4.78, 5) is 14.2. The van der Waals surface area contributed by atoms with Crippen molar-refractivity contribution in [1.82, 2.24) is 5.32 Å². The first kappa shape index (κ1) is 15.0. The summed E-state index contributed by atoms with van der Waals surface area (Å²) in [5, 5.41) is 3.38. The molecule has 5 heteroatoms. The third-order valence-electron chi connectivity index (χ3n) is 3.82. The summed E-state index contributed by atoms with van der Waals surface area (Å²) in [6, 6.07) is 6.06. The fourth-order valence-corrected chi connectivity index (χ4v) is 3.59. The molecule has 3 N–H and O–H groups in total. The van der Waals surface area contributed by atoms with Crippen LogP contribution in [0.4, 0.5) is 11.4 Å². The zero-order valence-electron chi connectivity index (χ0n) is 12.3. The quantitative estimate of drug-likeness (QED) is 0.840. The molecule has 2 atom stereocenters. The van der Waals surface area contributed by atoms with E-state index in [2.05, 4.69) is 24.1 Å². The summed E-state index contributed by atoms with van der Waals surface area (Å²) in [6.45, 7) is 8.01. The Morgan fingerprint density at radius 1 is 1.50 bits per heavy atom. The van der Waals surface area contributed by atoms with Gasteiger partial charge in [-0.1, -0.05) is 6.92 Å². The van der Waals surface area contributed by atoms with Crippen molar-refractivity contribution in [3.8, 4) is 0 Å². The highest BCUT2D eigenvalue weighted by molar-refractivity contribution is 8.00. The van der Waals surface area contributed by atoms with E-state index in [-0.39, 0.29) is 5.91 Å². The second-order valence-corrected chi connectivity index (χ2v) is 6.63. The highest BCUT2D eigenvalue weighted by atomic mass is 32.2. The van der Waals surface area contributed by atoms with E-state index in [1.54, 1.807) is 6.07 Å². The van der Waals surface area contributed by atoms with E-state index in [0.29, 0.717) is 29.1 Å². The molecule has 0 saturated carbocycles. The van der Waals surface area contributed by atoms with Gasteiger partial charge in [0, 0.05) is 35.7 Å². The fourth-order valence-electron chi connectivity index (χ4n) is 2.49. The Morgan fingerprint density at radius 3 is 2.90 bits per heavy atom. The van der Waals surface area contributed by atoms with E-state index in [1.807, 2.05) is 30.8 Å². The first-order valence-electron chi connectivity index (χ1n) is 7.10. The molecule has 0 aromatic heterocycles. The predicted octanol–water partition coefficient (Wildman–Crippen LogP) is 2.35. The van der Waals surface area contributed by atoms with E-state index >= 15 is 0 Å². The van der Waals surface area contributed by atoms with Crippen LogP contribution in [0.2, 0.25) is 0 Å². The standard InChI is InChI=1S/C15H23N3OS/c1-4-17-15(19)12-5-6-14(13(16)9-12)18-7-8-20-11(3)10(18)2/h5-6,9-11H,4,7-8,16H2,1-3H3,(H,17,19). The third-order valence-corrected chi connectivity index (χ3v) is 5.16. The molecule has 1 amide bonds. The molecule has 2 rings (SSSR count). The summed E-state index contributed by atoms with van der Waals surface area (Å²) in [5.41, 5.74) is 8.51. The van der Waals surface area contributed by atoms with E-state index < -0.39 is 0 Å². The van der Waals surface area contributed by atoms with Gasteiger partial charge >= 0.3 is 0 Å². The Morgan fingerprint density at radius 2 is 2.25 bits per heavy atom. The number of hydrogen-bond acceptors (Lipinski definition) is 4. The summed E-state index contributed by atoms with van der Waals surface area (Å²) < 4.78 is 0. The van der Waals surface area contributed by atoms with Crippen LogP contribution in [0.25, 0.3) is 0 Å². The van der Waals surface area contributed by atoms with Crippen LogP contribution in [0.1, 0.15) is 31.1 Å². The van der Waals surface area contributed by atoms with Crippen LogP contribution in [-0.2, 0) is 0 Å². The largest absolute Gasteiger partial charge is 0.397 e. The maximum Gasteiger partial charge on any atom is 0.251 e. The molecule has 1 aromatic rings. The molecule has 0 radical (unpaired) electrons. The van der Waals surface area contributed by atoms with Crippen molar-refractivity contribution in [2.24, 2.45) is 0 Å². The smallest absolute Gasteiger partial charge is 0.251 e. The summed E-state index contributed by atoms with van der Waals surface area (Å²) in [6.07, 6.45) is 0. The van der Waals surface area contributed by atoms with Crippen LogP contribution in [-0.4, -0.2) is 36.0 Å². The van der Waals surface area contributed by atoms with Crippen LogP contribution in [0.5, 0.6) is 0 Å². The molecule has 0 bridgehead atoms. The molecular formula is C15H23N3OS. The van der Waals surface area contributed by atoms with Crippen molar-refractivity contribution in [2.45, 2.75) is 32.1 Å². The van der Waals surface area contributed by atoms with Crippen molar-refractivity contribution in [1.29, 1.82) is 0 Å².